The predicted octanol–water partition coefficient (Wildman–Crippen LogP) is 1.86. The average molecular weight is 257 g/mol. The van der Waals surface area contributed by atoms with Crippen molar-refractivity contribution < 1.29 is 4.79 Å². The van der Waals surface area contributed by atoms with Crippen LogP contribution in [0.1, 0.15) is 23.0 Å². The summed E-state index contributed by atoms with van der Waals surface area (Å²) in [5, 5.41) is 5.75. The van der Waals surface area contributed by atoms with Crippen LogP contribution in [0.25, 0.3) is 0 Å². The zero-order valence-corrected chi connectivity index (χ0v) is 10.8. The molecule has 19 heavy (non-hydrogen) atoms. The molecule has 2 aromatic heterocycles. The van der Waals surface area contributed by atoms with E-state index in [0.717, 1.165) is 12.1 Å². The summed E-state index contributed by atoms with van der Waals surface area (Å²) in [5.41, 5.74) is 1.88. The van der Waals surface area contributed by atoms with Gasteiger partial charge in [0.05, 0.1) is 24.3 Å². The lowest BCUT2D eigenvalue weighted by atomic mass is 10.3. The quantitative estimate of drug-likeness (QED) is 0.874. The summed E-state index contributed by atoms with van der Waals surface area (Å²) in [6.07, 6.45) is 6.32. The SMILES string of the molecule is CCNc1cncc(C(=O)Nc2cncc(C)c2)n1. The second-order valence-corrected chi connectivity index (χ2v) is 4.02. The summed E-state index contributed by atoms with van der Waals surface area (Å²) in [4.78, 5) is 24.2. The number of nitrogens with one attached hydrogen (secondary N) is 2. The number of carbonyl (C=O) groups excluding carboxylic acids is 1. The Morgan fingerprint density at radius 1 is 1.21 bits per heavy atom. The van der Waals surface area contributed by atoms with Crippen LogP contribution in [-0.2, 0) is 0 Å². The van der Waals surface area contributed by atoms with E-state index in [0.29, 0.717) is 11.5 Å². The molecule has 0 saturated carbocycles. The average Bonchev–Trinajstić information content (AvgIpc) is 2.39. The molecule has 2 N–H and O–H groups in total. The number of anilines is 2. The standard InChI is InChI=1S/C13H15N5O/c1-3-16-12-8-15-7-11(18-12)13(19)17-10-4-9(2)5-14-6-10/h4-8H,3H2,1-2H3,(H,16,18)(H,17,19). The fraction of sp³-hybridized carbons (Fsp3) is 0.231. The van der Waals surface area contributed by atoms with E-state index >= 15 is 0 Å². The number of nitrogens with zero attached hydrogens (tertiary/aromatic N) is 3. The molecule has 0 bridgehead atoms. The lowest BCUT2D eigenvalue weighted by molar-refractivity contribution is 0.102. The van der Waals surface area contributed by atoms with Crippen LogP contribution >= 0.6 is 0 Å². The van der Waals surface area contributed by atoms with Gasteiger partial charge in [-0.25, -0.2) is 4.98 Å². The molecule has 0 aliphatic rings. The van der Waals surface area contributed by atoms with E-state index < -0.39 is 0 Å². The van der Waals surface area contributed by atoms with Gasteiger partial charge >= 0.3 is 0 Å². The zero-order valence-electron chi connectivity index (χ0n) is 10.8. The van der Waals surface area contributed by atoms with Gasteiger partial charge in [0, 0.05) is 12.7 Å². The first-order valence-electron chi connectivity index (χ1n) is 5.98. The molecule has 0 aromatic carbocycles. The summed E-state index contributed by atoms with van der Waals surface area (Å²) in [6, 6.07) is 1.84. The van der Waals surface area contributed by atoms with E-state index in [2.05, 4.69) is 25.6 Å². The van der Waals surface area contributed by atoms with Gasteiger partial charge in [0.1, 0.15) is 11.5 Å². The van der Waals surface area contributed by atoms with E-state index in [9.17, 15) is 4.79 Å². The number of pyridine rings is 1. The molecule has 6 nitrogen and oxygen atoms in total. The maximum Gasteiger partial charge on any atom is 0.275 e. The minimum Gasteiger partial charge on any atom is -0.369 e. The molecule has 2 heterocycles. The minimum atomic E-state index is -0.306. The van der Waals surface area contributed by atoms with Gasteiger partial charge in [0.2, 0.25) is 0 Å². The summed E-state index contributed by atoms with van der Waals surface area (Å²) in [7, 11) is 0. The number of aromatic nitrogens is 3. The fourth-order valence-electron chi connectivity index (χ4n) is 1.56. The second kappa shape index (κ2) is 5.90. The number of rotatable bonds is 4. The van der Waals surface area contributed by atoms with Gasteiger partial charge in [0.15, 0.2) is 0 Å². The van der Waals surface area contributed by atoms with E-state index in [1.807, 2.05) is 19.9 Å². The molecule has 0 unspecified atom stereocenters. The molecule has 2 rings (SSSR count). The van der Waals surface area contributed by atoms with Gasteiger partial charge in [-0.15, -0.1) is 0 Å². The Balaban J connectivity index is 2.13. The highest BCUT2D eigenvalue weighted by Gasteiger charge is 2.09. The van der Waals surface area contributed by atoms with Gasteiger partial charge in [0.25, 0.3) is 5.91 Å². The van der Waals surface area contributed by atoms with Crippen molar-refractivity contribution in [2.75, 3.05) is 17.2 Å². The van der Waals surface area contributed by atoms with E-state index in [4.69, 9.17) is 0 Å². The van der Waals surface area contributed by atoms with Crippen molar-refractivity contribution in [3.05, 3.63) is 42.1 Å². The summed E-state index contributed by atoms with van der Waals surface area (Å²) in [6.45, 7) is 4.59. The molecule has 0 spiro atoms. The highest BCUT2D eigenvalue weighted by atomic mass is 16.1. The molecule has 6 heteroatoms. The third-order valence-electron chi connectivity index (χ3n) is 2.36. The van der Waals surface area contributed by atoms with Crippen LogP contribution < -0.4 is 10.6 Å². The normalized spacial score (nSPS) is 10.0. The summed E-state index contributed by atoms with van der Waals surface area (Å²) in [5.74, 6) is 0.275. The third-order valence-corrected chi connectivity index (χ3v) is 2.36. The fourth-order valence-corrected chi connectivity index (χ4v) is 1.56. The van der Waals surface area contributed by atoms with E-state index in [1.165, 1.54) is 6.20 Å². The van der Waals surface area contributed by atoms with Crippen molar-refractivity contribution >= 4 is 17.4 Å². The Morgan fingerprint density at radius 2 is 2.00 bits per heavy atom. The Hall–Kier alpha value is -2.50. The van der Waals surface area contributed by atoms with Crippen LogP contribution in [0.2, 0.25) is 0 Å². The highest BCUT2D eigenvalue weighted by Crippen LogP contribution is 2.09. The molecule has 0 aliphatic carbocycles. The number of aryl methyl sites for hydroxylation is 1. The maximum atomic E-state index is 12.0. The van der Waals surface area contributed by atoms with Crippen molar-refractivity contribution in [3.63, 3.8) is 0 Å². The zero-order chi connectivity index (χ0) is 13.7. The monoisotopic (exact) mass is 257 g/mol. The molecule has 0 aliphatic heterocycles. The number of carbonyl (C=O) groups is 1. The van der Waals surface area contributed by atoms with Crippen molar-refractivity contribution in [2.24, 2.45) is 0 Å². The highest BCUT2D eigenvalue weighted by molar-refractivity contribution is 6.02. The maximum absolute atomic E-state index is 12.0. The Morgan fingerprint density at radius 3 is 2.74 bits per heavy atom. The number of hydrogen-bond acceptors (Lipinski definition) is 5. The van der Waals surface area contributed by atoms with Gasteiger partial charge in [-0.05, 0) is 25.5 Å². The third kappa shape index (κ3) is 3.48. The molecule has 1 amide bonds. The predicted molar refractivity (Wildman–Crippen MR) is 73.1 cm³/mol. The van der Waals surface area contributed by atoms with Crippen molar-refractivity contribution in [1.82, 2.24) is 15.0 Å². The Labute approximate surface area is 111 Å². The second-order valence-electron chi connectivity index (χ2n) is 4.02. The van der Waals surface area contributed by atoms with Gasteiger partial charge in [-0.2, -0.15) is 0 Å². The van der Waals surface area contributed by atoms with Crippen molar-refractivity contribution in [3.8, 4) is 0 Å². The molecule has 98 valence electrons. The first kappa shape index (κ1) is 12.9. The molecule has 2 aromatic rings. The minimum absolute atomic E-state index is 0.264. The van der Waals surface area contributed by atoms with Gasteiger partial charge < -0.3 is 10.6 Å². The van der Waals surface area contributed by atoms with Crippen LogP contribution in [0.15, 0.2) is 30.9 Å². The first-order valence-corrected chi connectivity index (χ1v) is 5.98. The van der Waals surface area contributed by atoms with Crippen LogP contribution in [0, 0.1) is 6.92 Å². The molecular formula is C13H15N5O. The smallest absolute Gasteiger partial charge is 0.275 e. The van der Waals surface area contributed by atoms with E-state index in [1.54, 1.807) is 18.6 Å². The van der Waals surface area contributed by atoms with Crippen LogP contribution in [0.4, 0.5) is 11.5 Å². The summed E-state index contributed by atoms with van der Waals surface area (Å²) >= 11 is 0. The molecule has 0 fully saturated rings. The lowest BCUT2D eigenvalue weighted by Gasteiger charge is -2.06. The first-order chi connectivity index (χ1) is 9.19. The van der Waals surface area contributed by atoms with Crippen LogP contribution in [0.3, 0.4) is 0 Å². The van der Waals surface area contributed by atoms with Crippen LogP contribution in [0.5, 0.6) is 0 Å². The molecular weight excluding hydrogens is 242 g/mol. The van der Waals surface area contributed by atoms with Gasteiger partial charge in [-0.3, -0.25) is 14.8 Å². The largest absolute Gasteiger partial charge is 0.369 e. The summed E-state index contributed by atoms with van der Waals surface area (Å²) < 4.78 is 0. The topological polar surface area (TPSA) is 79.8 Å². The molecule has 0 radical (unpaired) electrons. The Kier molecular flexibility index (Phi) is 4.02. The van der Waals surface area contributed by atoms with Gasteiger partial charge in [-0.1, -0.05) is 0 Å². The number of amides is 1. The lowest BCUT2D eigenvalue weighted by Crippen LogP contribution is -2.15. The Bertz CT molecular complexity index is 585. The van der Waals surface area contributed by atoms with Crippen LogP contribution in [-0.4, -0.2) is 27.4 Å². The molecule has 0 atom stereocenters. The van der Waals surface area contributed by atoms with E-state index in [-0.39, 0.29) is 11.6 Å². The van der Waals surface area contributed by atoms with Crippen molar-refractivity contribution in [1.29, 1.82) is 0 Å². The number of hydrogen-bond donors (Lipinski definition) is 2. The van der Waals surface area contributed by atoms with Crippen molar-refractivity contribution in [2.45, 2.75) is 13.8 Å². The molecule has 0 saturated heterocycles.